The van der Waals surface area contributed by atoms with E-state index >= 15 is 0 Å². The Balaban J connectivity index is 1.44. The van der Waals surface area contributed by atoms with Crippen LogP contribution in [0.1, 0.15) is 67.0 Å². The first-order valence-electron chi connectivity index (χ1n) is 12.5. The second-order valence-corrected chi connectivity index (χ2v) is 9.19. The first-order chi connectivity index (χ1) is 18.3. The maximum absolute atomic E-state index is 13.0. The van der Waals surface area contributed by atoms with Gasteiger partial charge in [0, 0.05) is 18.4 Å². The smallest absolute Gasteiger partial charge is 0.338 e. The van der Waals surface area contributed by atoms with E-state index in [1.54, 1.807) is 35.8 Å². The number of esters is 2. The minimum absolute atomic E-state index is 0.0597. The van der Waals surface area contributed by atoms with Crippen LogP contribution in [0.25, 0.3) is 11.2 Å². The molecule has 0 aliphatic carbocycles. The van der Waals surface area contributed by atoms with Crippen LogP contribution in [0.15, 0.2) is 30.6 Å². The fourth-order valence-corrected chi connectivity index (χ4v) is 4.33. The zero-order chi connectivity index (χ0) is 27.3. The number of hydrogen-bond acceptors (Lipinski definition) is 10. The molecule has 0 saturated carbocycles. The molecule has 3 atom stereocenters. The van der Waals surface area contributed by atoms with Crippen molar-refractivity contribution in [3.05, 3.63) is 47.5 Å². The number of ether oxygens (including phenoxy) is 3. The Bertz CT molecular complexity index is 1370. The number of nitrogen functional groups attached to an aromatic ring is 1. The van der Waals surface area contributed by atoms with E-state index in [4.69, 9.17) is 26.4 Å². The number of unbranched alkanes of at least 4 members (excludes halogenated alkanes) is 2. The quantitative estimate of drug-likeness (QED) is 0.231. The number of carbonyl (C=O) groups excluding carboxylic acids is 2. The van der Waals surface area contributed by atoms with E-state index in [9.17, 15) is 14.7 Å². The van der Waals surface area contributed by atoms with Gasteiger partial charge in [0.2, 0.25) is 0 Å². The second-order valence-electron chi connectivity index (χ2n) is 9.19. The Hall–Kier alpha value is -4.01. The molecule has 0 spiro atoms. The fraction of sp³-hybridized carbons (Fsp3) is 0.444. The lowest BCUT2D eigenvalue weighted by Gasteiger charge is -2.26. The van der Waals surface area contributed by atoms with Crippen molar-refractivity contribution in [1.29, 1.82) is 0 Å². The Morgan fingerprint density at radius 1 is 1.29 bits per heavy atom. The maximum atomic E-state index is 13.0. The molecule has 11 nitrogen and oxygen atoms in total. The van der Waals surface area contributed by atoms with Crippen molar-refractivity contribution >= 4 is 28.9 Å². The molecule has 0 unspecified atom stereocenters. The van der Waals surface area contributed by atoms with Crippen LogP contribution < -0.4 is 5.73 Å². The molecule has 3 aromatic rings. The lowest BCUT2D eigenvalue weighted by molar-refractivity contribution is -0.145. The largest absolute Gasteiger partial charge is 0.461 e. The van der Waals surface area contributed by atoms with Crippen molar-refractivity contribution in [1.82, 2.24) is 19.5 Å². The summed E-state index contributed by atoms with van der Waals surface area (Å²) < 4.78 is 18.5. The number of aliphatic hydroxyl groups excluding tert-OH is 1. The number of nitrogens with two attached hydrogens (primary N) is 1. The average Bonchev–Trinajstić information content (AvgIpc) is 3.47. The summed E-state index contributed by atoms with van der Waals surface area (Å²) >= 11 is 0. The Labute approximate surface area is 220 Å². The summed E-state index contributed by atoms with van der Waals surface area (Å²) in [5, 5.41) is 10.9. The summed E-state index contributed by atoms with van der Waals surface area (Å²) in [7, 11) is 0. The molecule has 4 rings (SSSR count). The van der Waals surface area contributed by atoms with Crippen LogP contribution >= 0.6 is 0 Å². The normalized spacial score (nSPS) is 20.8. The predicted molar refractivity (Wildman–Crippen MR) is 137 cm³/mol. The Morgan fingerprint density at radius 3 is 2.84 bits per heavy atom. The van der Waals surface area contributed by atoms with E-state index < -0.39 is 30.5 Å². The van der Waals surface area contributed by atoms with Gasteiger partial charge in [0.1, 0.15) is 36.9 Å². The van der Waals surface area contributed by atoms with Crippen molar-refractivity contribution in [3.8, 4) is 12.3 Å². The number of anilines is 1. The van der Waals surface area contributed by atoms with E-state index in [0.717, 1.165) is 19.3 Å². The highest BCUT2D eigenvalue weighted by Crippen LogP contribution is 2.38. The number of benzene rings is 1. The SMILES string of the molecule is C#C[C@]1(COC(=O)c2ccccc2COC(=O)CCCCC)O[C@@H](n2cnc3c(N)nc(C)nc32)C[C@@H]1O. The van der Waals surface area contributed by atoms with Gasteiger partial charge in [0.25, 0.3) is 0 Å². The van der Waals surface area contributed by atoms with Crippen LogP contribution in [-0.4, -0.2) is 54.9 Å². The van der Waals surface area contributed by atoms with Gasteiger partial charge in [-0.2, -0.15) is 0 Å². The van der Waals surface area contributed by atoms with E-state index in [2.05, 4.69) is 27.8 Å². The molecule has 11 heteroatoms. The molecule has 200 valence electrons. The number of imidazole rings is 1. The molecule has 1 aliphatic rings. The van der Waals surface area contributed by atoms with Gasteiger partial charge in [0.15, 0.2) is 17.1 Å². The number of aliphatic hydroxyl groups is 1. The maximum Gasteiger partial charge on any atom is 0.338 e. The first kappa shape index (κ1) is 27.0. The van der Waals surface area contributed by atoms with Gasteiger partial charge in [-0.1, -0.05) is 43.9 Å². The molecule has 3 N–H and O–H groups in total. The van der Waals surface area contributed by atoms with Crippen LogP contribution in [0.2, 0.25) is 0 Å². The van der Waals surface area contributed by atoms with Crippen molar-refractivity contribution < 1.29 is 28.9 Å². The topological polar surface area (TPSA) is 152 Å². The van der Waals surface area contributed by atoms with Gasteiger partial charge in [0.05, 0.1) is 11.9 Å². The van der Waals surface area contributed by atoms with Crippen LogP contribution in [0.4, 0.5) is 5.82 Å². The molecule has 2 aromatic heterocycles. The number of hydrogen-bond donors (Lipinski definition) is 2. The highest BCUT2D eigenvalue weighted by Gasteiger charge is 2.49. The lowest BCUT2D eigenvalue weighted by Crippen LogP contribution is -2.43. The number of carbonyl (C=O) groups is 2. The molecule has 0 amide bonds. The number of fused-ring (bicyclic) bond motifs is 1. The molecule has 1 saturated heterocycles. The van der Waals surface area contributed by atoms with Crippen molar-refractivity contribution in [3.63, 3.8) is 0 Å². The average molecular weight is 522 g/mol. The highest BCUT2D eigenvalue weighted by molar-refractivity contribution is 5.91. The van der Waals surface area contributed by atoms with Crippen LogP contribution in [0, 0.1) is 19.3 Å². The van der Waals surface area contributed by atoms with E-state index in [-0.39, 0.29) is 30.4 Å². The fourth-order valence-electron chi connectivity index (χ4n) is 4.33. The summed E-state index contributed by atoms with van der Waals surface area (Å²) in [6, 6.07) is 6.67. The van der Waals surface area contributed by atoms with Gasteiger partial charge in [-0.15, -0.1) is 6.42 Å². The highest BCUT2D eigenvalue weighted by atomic mass is 16.6. The van der Waals surface area contributed by atoms with E-state index in [0.29, 0.717) is 29.0 Å². The van der Waals surface area contributed by atoms with Crippen LogP contribution in [0.3, 0.4) is 0 Å². The molecule has 38 heavy (non-hydrogen) atoms. The molecular formula is C27H31N5O6. The molecule has 1 fully saturated rings. The minimum atomic E-state index is -1.59. The van der Waals surface area contributed by atoms with Gasteiger partial charge >= 0.3 is 11.9 Å². The summed E-state index contributed by atoms with van der Waals surface area (Å²) in [5.41, 5.74) is 5.94. The molecule has 0 bridgehead atoms. The molecule has 1 aliphatic heterocycles. The summed E-state index contributed by atoms with van der Waals surface area (Å²) in [4.78, 5) is 37.8. The molecule has 1 aromatic carbocycles. The van der Waals surface area contributed by atoms with Crippen molar-refractivity contribution in [2.45, 2.75) is 70.5 Å². The van der Waals surface area contributed by atoms with Gasteiger partial charge in [-0.05, 0) is 19.4 Å². The molecular weight excluding hydrogens is 490 g/mol. The third-order valence-electron chi connectivity index (χ3n) is 6.45. The van der Waals surface area contributed by atoms with Gasteiger partial charge in [-0.3, -0.25) is 9.36 Å². The number of aryl methyl sites for hydroxylation is 1. The number of nitrogens with zero attached hydrogens (tertiary/aromatic N) is 4. The van der Waals surface area contributed by atoms with Gasteiger partial charge in [-0.25, -0.2) is 19.7 Å². The van der Waals surface area contributed by atoms with Crippen LogP contribution in [-0.2, 0) is 25.6 Å². The zero-order valence-corrected chi connectivity index (χ0v) is 21.4. The minimum Gasteiger partial charge on any atom is -0.461 e. The van der Waals surface area contributed by atoms with Crippen molar-refractivity contribution in [2.75, 3.05) is 12.3 Å². The standard InChI is InChI=1S/C27H31N5O6/c1-4-6-7-12-22(34)36-14-18-10-8-9-11-19(18)26(35)37-15-27(5-2)20(33)13-21(38-27)32-16-29-23-24(28)30-17(3)31-25(23)32/h2,8-11,16,20-21,33H,4,6-7,12-15H2,1,3H3,(H2,28,30,31)/t20-,21+,27+/m0/s1. The predicted octanol–water partition coefficient (Wildman–Crippen LogP) is 2.85. The van der Waals surface area contributed by atoms with E-state index in [1.165, 1.54) is 6.33 Å². The third kappa shape index (κ3) is 5.61. The summed E-state index contributed by atoms with van der Waals surface area (Å²) in [5.74, 6) is 2.15. The summed E-state index contributed by atoms with van der Waals surface area (Å²) in [6.07, 6.45) is 8.54. The second kappa shape index (κ2) is 11.6. The Morgan fingerprint density at radius 2 is 2.08 bits per heavy atom. The first-order valence-corrected chi connectivity index (χ1v) is 12.5. The zero-order valence-electron chi connectivity index (χ0n) is 21.4. The lowest BCUT2D eigenvalue weighted by atomic mass is 9.99. The number of terminal acetylenes is 1. The molecule has 3 heterocycles. The van der Waals surface area contributed by atoms with E-state index in [1.807, 2.05) is 0 Å². The number of rotatable bonds is 10. The van der Waals surface area contributed by atoms with Crippen LogP contribution in [0.5, 0.6) is 0 Å². The number of aromatic nitrogens is 4. The molecule has 0 radical (unpaired) electrons. The monoisotopic (exact) mass is 521 g/mol. The Kier molecular flexibility index (Phi) is 8.24. The van der Waals surface area contributed by atoms with Gasteiger partial charge < -0.3 is 25.1 Å². The third-order valence-corrected chi connectivity index (χ3v) is 6.45. The summed E-state index contributed by atoms with van der Waals surface area (Å²) in [6.45, 7) is 3.30. The van der Waals surface area contributed by atoms with Crippen molar-refractivity contribution in [2.24, 2.45) is 0 Å².